The number of rotatable bonds is 5. The van der Waals surface area contributed by atoms with Gasteiger partial charge in [-0.3, -0.25) is 0 Å². The molecule has 104 valence electrons. The van der Waals surface area contributed by atoms with Crippen LogP contribution in [0.2, 0.25) is 0 Å². The van der Waals surface area contributed by atoms with Crippen molar-refractivity contribution in [3.63, 3.8) is 0 Å². The van der Waals surface area contributed by atoms with Crippen molar-refractivity contribution in [2.45, 2.75) is 33.6 Å². The van der Waals surface area contributed by atoms with E-state index in [-0.39, 0.29) is 23.6 Å². The fraction of sp³-hybridized carbons (Fsp3) is 1.00. The fourth-order valence-corrected chi connectivity index (χ4v) is 3.80. The number of halogens is 1. The van der Waals surface area contributed by atoms with Crippen LogP contribution >= 0.6 is 12.4 Å². The van der Waals surface area contributed by atoms with Gasteiger partial charge in [-0.2, -0.15) is 0 Å². The number of sulfonamides is 1. The van der Waals surface area contributed by atoms with Crippen LogP contribution in [0, 0.1) is 11.3 Å². The minimum Gasteiger partial charge on any atom is -0.330 e. The molecule has 1 heterocycles. The van der Waals surface area contributed by atoms with Crippen LogP contribution in [0.4, 0.5) is 0 Å². The lowest BCUT2D eigenvalue weighted by molar-refractivity contribution is 0.349. The number of nitrogens with zero attached hydrogens (tertiary/aromatic N) is 1. The minimum absolute atomic E-state index is 0. The van der Waals surface area contributed by atoms with E-state index in [0.29, 0.717) is 25.6 Å². The second kappa shape index (κ2) is 6.36. The van der Waals surface area contributed by atoms with Gasteiger partial charge in [0.2, 0.25) is 10.0 Å². The lowest BCUT2D eigenvalue weighted by Crippen LogP contribution is -2.35. The molecule has 1 unspecified atom stereocenters. The summed E-state index contributed by atoms with van der Waals surface area (Å²) in [7, 11) is -3.06. The minimum atomic E-state index is -3.06. The predicted octanol–water partition coefficient (Wildman–Crippen LogP) is 1.45. The van der Waals surface area contributed by atoms with Gasteiger partial charge in [0.05, 0.1) is 5.75 Å². The fourth-order valence-electron chi connectivity index (χ4n) is 1.90. The van der Waals surface area contributed by atoms with Crippen molar-refractivity contribution in [3.8, 4) is 0 Å². The molecule has 1 saturated heterocycles. The molecule has 0 aromatic heterocycles. The van der Waals surface area contributed by atoms with E-state index in [4.69, 9.17) is 5.73 Å². The van der Waals surface area contributed by atoms with E-state index in [1.54, 1.807) is 4.31 Å². The standard InChI is InChI=1S/C11H24N2O2S.ClH/c1-10(2)4-7-16(14,15)13-6-5-11(3,8-12)9-13;/h10H,4-9,12H2,1-3H3;1H. The molecule has 0 amide bonds. The molecule has 0 bridgehead atoms. The highest BCUT2D eigenvalue weighted by atomic mass is 35.5. The zero-order valence-electron chi connectivity index (χ0n) is 11.0. The molecule has 0 spiro atoms. The van der Waals surface area contributed by atoms with Crippen molar-refractivity contribution in [2.24, 2.45) is 17.1 Å². The first-order valence-electron chi connectivity index (χ1n) is 5.97. The van der Waals surface area contributed by atoms with Crippen LogP contribution in [0.15, 0.2) is 0 Å². The zero-order chi connectivity index (χ0) is 12.4. The van der Waals surface area contributed by atoms with Crippen molar-refractivity contribution in [2.75, 3.05) is 25.4 Å². The molecule has 0 aliphatic carbocycles. The smallest absolute Gasteiger partial charge is 0.214 e. The molecule has 1 atom stereocenters. The summed E-state index contributed by atoms with van der Waals surface area (Å²) in [6, 6.07) is 0. The van der Waals surface area contributed by atoms with E-state index in [2.05, 4.69) is 6.92 Å². The van der Waals surface area contributed by atoms with Crippen LogP contribution < -0.4 is 5.73 Å². The van der Waals surface area contributed by atoms with Gasteiger partial charge in [-0.1, -0.05) is 20.8 Å². The van der Waals surface area contributed by atoms with Gasteiger partial charge in [-0.25, -0.2) is 12.7 Å². The zero-order valence-corrected chi connectivity index (χ0v) is 12.6. The second-order valence-corrected chi connectivity index (χ2v) is 7.69. The Labute approximate surface area is 111 Å². The van der Waals surface area contributed by atoms with Crippen molar-refractivity contribution < 1.29 is 8.42 Å². The molecule has 0 aromatic carbocycles. The molecule has 17 heavy (non-hydrogen) atoms. The highest BCUT2D eigenvalue weighted by Crippen LogP contribution is 2.30. The van der Waals surface area contributed by atoms with Crippen LogP contribution in [0.5, 0.6) is 0 Å². The first-order valence-corrected chi connectivity index (χ1v) is 7.58. The summed E-state index contributed by atoms with van der Waals surface area (Å²) in [4.78, 5) is 0. The van der Waals surface area contributed by atoms with Crippen LogP contribution in [0.1, 0.15) is 33.6 Å². The molecular weight excluding hydrogens is 260 g/mol. The van der Waals surface area contributed by atoms with Crippen LogP contribution in [-0.2, 0) is 10.0 Å². The molecule has 1 rings (SSSR count). The molecule has 0 saturated carbocycles. The Kier molecular flexibility index (Phi) is 6.42. The van der Waals surface area contributed by atoms with Gasteiger partial charge in [-0.15, -0.1) is 12.4 Å². The first-order chi connectivity index (χ1) is 7.29. The normalized spacial score (nSPS) is 26.2. The number of hydrogen-bond acceptors (Lipinski definition) is 3. The maximum Gasteiger partial charge on any atom is 0.214 e. The SMILES string of the molecule is CC(C)CCS(=O)(=O)N1CCC(C)(CN)C1.Cl. The van der Waals surface area contributed by atoms with E-state index in [0.717, 1.165) is 12.8 Å². The second-order valence-electron chi connectivity index (χ2n) is 5.60. The summed E-state index contributed by atoms with van der Waals surface area (Å²) >= 11 is 0. The summed E-state index contributed by atoms with van der Waals surface area (Å²) in [5.41, 5.74) is 5.65. The van der Waals surface area contributed by atoms with Crippen LogP contribution in [0.3, 0.4) is 0 Å². The van der Waals surface area contributed by atoms with Crippen molar-refractivity contribution in [1.29, 1.82) is 0 Å². The van der Waals surface area contributed by atoms with E-state index >= 15 is 0 Å². The number of hydrogen-bond donors (Lipinski definition) is 1. The van der Waals surface area contributed by atoms with Gasteiger partial charge in [0.25, 0.3) is 0 Å². The molecule has 0 radical (unpaired) electrons. The van der Waals surface area contributed by atoms with Crippen molar-refractivity contribution in [1.82, 2.24) is 4.31 Å². The largest absolute Gasteiger partial charge is 0.330 e. The predicted molar refractivity (Wildman–Crippen MR) is 73.8 cm³/mol. The van der Waals surface area contributed by atoms with E-state index in [1.165, 1.54) is 0 Å². The van der Waals surface area contributed by atoms with E-state index in [1.807, 2.05) is 13.8 Å². The van der Waals surface area contributed by atoms with E-state index in [9.17, 15) is 8.42 Å². The first kappa shape index (κ1) is 17.2. The summed E-state index contributed by atoms with van der Waals surface area (Å²) in [5, 5.41) is 0. The van der Waals surface area contributed by atoms with Gasteiger partial charge < -0.3 is 5.73 Å². The Hall–Kier alpha value is 0.160. The molecule has 1 aliphatic heterocycles. The molecule has 2 N–H and O–H groups in total. The summed E-state index contributed by atoms with van der Waals surface area (Å²) in [6.07, 6.45) is 1.61. The van der Waals surface area contributed by atoms with Gasteiger partial charge in [-0.05, 0) is 30.7 Å². The Morgan fingerprint density at radius 3 is 2.41 bits per heavy atom. The summed E-state index contributed by atoms with van der Waals surface area (Å²) < 4.78 is 25.7. The molecule has 1 aliphatic rings. The Morgan fingerprint density at radius 1 is 1.41 bits per heavy atom. The summed E-state index contributed by atoms with van der Waals surface area (Å²) in [6.45, 7) is 7.93. The van der Waals surface area contributed by atoms with Crippen LogP contribution in [0.25, 0.3) is 0 Å². The Bertz CT molecular complexity index is 332. The average Bonchev–Trinajstić information content (AvgIpc) is 2.60. The molecule has 1 fully saturated rings. The van der Waals surface area contributed by atoms with Gasteiger partial charge >= 0.3 is 0 Å². The van der Waals surface area contributed by atoms with Gasteiger partial charge in [0.1, 0.15) is 0 Å². The topological polar surface area (TPSA) is 63.4 Å². The van der Waals surface area contributed by atoms with Crippen LogP contribution in [-0.4, -0.2) is 38.1 Å². The molecular formula is C11H25ClN2O2S. The molecule has 0 aromatic rings. The number of nitrogens with two attached hydrogens (primary N) is 1. The maximum atomic E-state index is 12.0. The quantitative estimate of drug-likeness (QED) is 0.831. The third kappa shape index (κ3) is 4.73. The average molecular weight is 285 g/mol. The lowest BCUT2D eigenvalue weighted by atomic mass is 9.90. The van der Waals surface area contributed by atoms with Crippen molar-refractivity contribution >= 4 is 22.4 Å². The molecule has 6 heteroatoms. The highest BCUT2D eigenvalue weighted by Gasteiger charge is 2.37. The highest BCUT2D eigenvalue weighted by molar-refractivity contribution is 7.89. The summed E-state index contributed by atoms with van der Waals surface area (Å²) in [5.74, 6) is 0.698. The van der Waals surface area contributed by atoms with Gasteiger partial charge in [0, 0.05) is 13.1 Å². The lowest BCUT2D eigenvalue weighted by Gasteiger charge is -2.22. The Balaban J connectivity index is 0.00000256. The Morgan fingerprint density at radius 2 is 2.00 bits per heavy atom. The van der Waals surface area contributed by atoms with Gasteiger partial charge in [0.15, 0.2) is 0 Å². The monoisotopic (exact) mass is 284 g/mol. The third-order valence-electron chi connectivity index (χ3n) is 3.36. The van der Waals surface area contributed by atoms with E-state index < -0.39 is 10.0 Å². The maximum absolute atomic E-state index is 12.0. The van der Waals surface area contributed by atoms with Crippen molar-refractivity contribution in [3.05, 3.63) is 0 Å². The molecule has 4 nitrogen and oxygen atoms in total. The third-order valence-corrected chi connectivity index (χ3v) is 5.21.